The molecule has 0 aromatic heterocycles. The Hall–Kier alpha value is -4.48. The second-order valence-corrected chi connectivity index (χ2v) is 8.30. The van der Waals surface area contributed by atoms with Crippen LogP contribution in [-0.4, -0.2) is 69.6 Å². The highest BCUT2D eigenvalue weighted by Gasteiger charge is 2.41. The van der Waals surface area contributed by atoms with Crippen molar-refractivity contribution >= 4 is 47.3 Å². The van der Waals surface area contributed by atoms with Crippen LogP contribution in [0.5, 0.6) is 0 Å². The van der Waals surface area contributed by atoms with Crippen LogP contribution in [0.15, 0.2) is 47.6 Å². The summed E-state index contributed by atoms with van der Waals surface area (Å²) in [6.45, 7) is 0.0176. The fraction of sp³-hybridized carbons (Fsp3) is 0.304. The fourth-order valence-corrected chi connectivity index (χ4v) is 4.57. The first-order valence-electron chi connectivity index (χ1n) is 10.9. The minimum absolute atomic E-state index is 0.0176. The molecule has 0 saturated heterocycles. The van der Waals surface area contributed by atoms with E-state index in [0.717, 1.165) is 46.3 Å². The summed E-state index contributed by atoms with van der Waals surface area (Å²) < 4.78 is 0. The molecular formula is C23H20N4O8. The molecule has 0 aromatic carbocycles. The quantitative estimate of drug-likeness (QED) is 0.358. The van der Waals surface area contributed by atoms with Crippen LogP contribution < -0.4 is 10.6 Å². The Morgan fingerprint density at radius 3 is 1.80 bits per heavy atom. The van der Waals surface area contributed by atoms with Crippen molar-refractivity contribution in [3.63, 3.8) is 0 Å². The number of carbonyl (C=O) groups excluding carboxylic acids is 8. The Bertz CT molecular complexity index is 1170. The van der Waals surface area contributed by atoms with Gasteiger partial charge in [-0.15, -0.1) is 0 Å². The number of hydrogen-bond acceptors (Lipinski definition) is 8. The van der Waals surface area contributed by atoms with Crippen LogP contribution in [0.25, 0.3) is 0 Å². The van der Waals surface area contributed by atoms with Gasteiger partial charge in [0.1, 0.15) is 0 Å². The fourth-order valence-electron chi connectivity index (χ4n) is 4.57. The number of nitrogens with zero attached hydrogens (tertiary/aromatic N) is 2. The van der Waals surface area contributed by atoms with Crippen LogP contribution in [0.3, 0.4) is 0 Å². The number of rotatable bonds is 10. The molecule has 180 valence electrons. The summed E-state index contributed by atoms with van der Waals surface area (Å²) in [4.78, 5) is 98.7. The van der Waals surface area contributed by atoms with Crippen molar-refractivity contribution < 1.29 is 38.4 Å². The zero-order valence-corrected chi connectivity index (χ0v) is 18.3. The largest absolute Gasteiger partial charge is 0.289 e. The molecule has 8 amide bonds. The SMILES string of the molecule is O=C1C=C(CCC(C2=CC(=O)NC2=O)C(CCCN2C(=O)C=CC2=O)N2C(=O)C=CC2=O)C(=O)N1. The monoisotopic (exact) mass is 480 g/mol. The molecule has 0 aliphatic carbocycles. The predicted octanol–water partition coefficient (Wildman–Crippen LogP) is -1.45. The van der Waals surface area contributed by atoms with E-state index in [1.54, 1.807) is 0 Å². The normalized spacial score (nSPS) is 21.3. The second kappa shape index (κ2) is 9.41. The molecule has 2 unspecified atom stereocenters. The molecule has 2 atom stereocenters. The standard InChI is InChI=1S/C23H20N4O8/c28-16-10-12(22(34)24-16)3-4-13(14-11-17(29)25-23(14)35)15(27-20(32)7-8-21(27)33)2-1-9-26-18(30)5-6-19(26)31/h5-8,10-11,13,15H,1-4,9H2,(H,24,28,34)(H,25,29,35). The number of nitrogens with one attached hydrogen (secondary N) is 2. The number of carbonyl (C=O) groups is 8. The third kappa shape index (κ3) is 4.76. The first-order chi connectivity index (χ1) is 16.7. The lowest BCUT2D eigenvalue weighted by Crippen LogP contribution is -2.46. The lowest BCUT2D eigenvalue weighted by molar-refractivity contribution is -0.142. The zero-order chi connectivity index (χ0) is 25.3. The van der Waals surface area contributed by atoms with Gasteiger partial charge in [-0.3, -0.25) is 58.8 Å². The Morgan fingerprint density at radius 1 is 0.686 bits per heavy atom. The topological polar surface area (TPSA) is 167 Å². The van der Waals surface area contributed by atoms with Gasteiger partial charge < -0.3 is 0 Å². The minimum Gasteiger partial charge on any atom is -0.289 e. The Kier molecular flexibility index (Phi) is 6.36. The van der Waals surface area contributed by atoms with E-state index in [-0.39, 0.29) is 43.4 Å². The summed E-state index contributed by atoms with van der Waals surface area (Å²) in [6, 6.07) is -0.922. The Balaban J connectivity index is 1.61. The molecule has 4 aliphatic heterocycles. The molecule has 0 spiro atoms. The van der Waals surface area contributed by atoms with Gasteiger partial charge in [0.15, 0.2) is 0 Å². The molecule has 0 fully saturated rings. The molecule has 4 heterocycles. The lowest BCUT2D eigenvalue weighted by atomic mass is 9.82. The van der Waals surface area contributed by atoms with E-state index in [0.29, 0.717) is 0 Å². The van der Waals surface area contributed by atoms with Crippen LogP contribution in [0.1, 0.15) is 25.7 Å². The highest BCUT2D eigenvalue weighted by Crippen LogP contribution is 2.33. The van der Waals surface area contributed by atoms with Crippen molar-refractivity contribution in [2.24, 2.45) is 5.92 Å². The van der Waals surface area contributed by atoms with E-state index in [1.165, 1.54) is 0 Å². The molecule has 12 nitrogen and oxygen atoms in total. The van der Waals surface area contributed by atoms with Gasteiger partial charge in [-0.1, -0.05) is 0 Å². The van der Waals surface area contributed by atoms with Crippen LogP contribution in [-0.2, 0) is 38.4 Å². The maximum atomic E-state index is 12.6. The average molecular weight is 480 g/mol. The van der Waals surface area contributed by atoms with Gasteiger partial charge in [-0.05, 0) is 25.7 Å². The molecule has 4 rings (SSSR count). The molecule has 12 heteroatoms. The van der Waals surface area contributed by atoms with Crippen LogP contribution >= 0.6 is 0 Å². The molecule has 2 N–H and O–H groups in total. The number of amides is 8. The highest BCUT2D eigenvalue weighted by molar-refractivity contribution is 6.18. The molecule has 0 aromatic rings. The Labute approximate surface area is 198 Å². The molecule has 0 bridgehead atoms. The molecule has 4 aliphatic rings. The van der Waals surface area contributed by atoms with Crippen LogP contribution in [0, 0.1) is 5.92 Å². The van der Waals surface area contributed by atoms with Crippen molar-refractivity contribution in [3.8, 4) is 0 Å². The van der Waals surface area contributed by atoms with Gasteiger partial charge in [0, 0.05) is 66.1 Å². The molecule has 35 heavy (non-hydrogen) atoms. The summed E-state index contributed by atoms with van der Waals surface area (Å²) in [6.07, 6.45) is 7.07. The summed E-state index contributed by atoms with van der Waals surface area (Å²) >= 11 is 0. The first kappa shape index (κ1) is 23.7. The van der Waals surface area contributed by atoms with Crippen molar-refractivity contribution in [2.75, 3.05) is 6.54 Å². The van der Waals surface area contributed by atoms with E-state index in [2.05, 4.69) is 10.6 Å². The average Bonchev–Trinajstić information content (AvgIpc) is 3.50. The van der Waals surface area contributed by atoms with Gasteiger partial charge in [-0.2, -0.15) is 0 Å². The van der Waals surface area contributed by atoms with Crippen LogP contribution in [0.4, 0.5) is 0 Å². The van der Waals surface area contributed by atoms with Crippen molar-refractivity contribution in [3.05, 3.63) is 47.6 Å². The lowest BCUT2D eigenvalue weighted by Gasteiger charge is -2.34. The van der Waals surface area contributed by atoms with Gasteiger partial charge in [0.05, 0.1) is 0 Å². The van der Waals surface area contributed by atoms with E-state index in [4.69, 9.17) is 0 Å². The minimum atomic E-state index is -0.922. The smallest absolute Gasteiger partial charge is 0.254 e. The van der Waals surface area contributed by atoms with Crippen molar-refractivity contribution in [1.29, 1.82) is 0 Å². The van der Waals surface area contributed by atoms with Crippen molar-refractivity contribution in [2.45, 2.75) is 31.7 Å². The van der Waals surface area contributed by atoms with Gasteiger partial charge >= 0.3 is 0 Å². The third-order valence-electron chi connectivity index (χ3n) is 6.16. The zero-order valence-electron chi connectivity index (χ0n) is 18.3. The maximum absolute atomic E-state index is 12.6. The maximum Gasteiger partial charge on any atom is 0.254 e. The first-order valence-corrected chi connectivity index (χ1v) is 10.9. The molecular weight excluding hydrogens is 460 g/mol. The van der Waals surface area contributed by atoms with Crippen LogP contribution in [0.2, 0.25) is 0 Å². The Morgan fingerprint density at radius 2 is 1.26 bits per heavy atom. The summed E-state index contributed by atoms with van der Waals surface area (Å²) in [5.74, 6) is -5.55. The second-order valence-electron chi connectivity index (χ2n) is 8.30. The van der Waals surface area contributed by atoms with Gasteiger partial charge in [0.2, 0.25) is 0 Å². The van der Waals surface area contributed by atoms with Gasteiger partial charge in [0.25, 0.3) is 47.3 Å². The molecule has 0 saturated carbocycles. The van der Waals surface area contributed by atoms with E-state index < -0.39 is 59.2 Å². The van der Waals surface area contributed by atoms with Gasteiger partial charge in [-0.25, -0.2) is 0 Å². The highest BCUT2D eigenvalue weighted by atomic mass is 16.2. The summed E-state index contributed by atoms with van der Waals surface area (Å²) in [5, 5.41) is 4.27. The number of imide groups is 4. The predicted molar refractivity (Wildman–Crippen MR) is 115 cm³/mol. The van der Waals surface area contributed by atoms with E-state index >= 15 is 0 Å². The summed E-state index contributed by atoms with van der Waals surface area (Å²) in [5.41, 5.74) is 0.202. The van der Waals surface area contributed by atoms with Crippen molar-refractivity contribution in [1.82, 2.24) is 20.4 Å². The molecule has 0 radical (unpaired) electrons. The van der Waals surface area contributed by atoms with E-state index in [1.807, 2.05) is 0 Å². The number of hydrogen-bond donors (Lipinski definition) is 2. The summed E-state index contributed by atoms with van der Waals surface area (Å²) in [7, 11) is 0. The third-order valence-corrected chi connectivity index (χ3v) is 6.16. The van der Waals surface area contributed by atoms with E-state index in [9.17, 15) is 38.4 Å².